The standard InChI is InChI=1S/C23H28N4O3S/c1-5-24-23(25-13-16-11-19(28-2)21(30-4)20(12-16)29-3)26-14-18-15-31-22(27-18)17-9-7-6-8-10-17/h6-12,15H,5,13-14H2,1-4H3,(H2,24,25,26). The van der Waals surface area contributed by atoms with E-state index in [1.54, 1.807) is 32.7 Å². The number of hydrogen-bond donors (Lipinski definition) is 2. The van der Waals surface area contributed by atoms with Gasteiger partial charge in [-0.25, -0.2) is 9.98 Å². The number of nitrogens with zero attached hydrogens (tertiary/aromatic N) is 2. The summed E-state index contributed by atoms with van der Waals surface area (Å²) in [5, 5.41) is 9.69. The highest BCUT2D eigenvalue weighted by Gasteiger charge is 2.13. The zero-order chi connectivity index (χ0) is 22.1. The first-order valence-corrected chi connectivity index (χ1v) is 10.9. The average molecular weight is 441 g/mol. The van der Waals surface area contributed by atoms with E-state index in [0.29, 0.717) is 36.3 Å². The Labute approximate surface area is 187 Å². The Morgan fingerprint density at radius 1 is 1.00 bits per heavy atom. The van der Waals surface area contributed by atoms with Crippen LogP contribution in [-0.2, 0) is 13.1 Å². The molecule has 0 spiro atoms. The highest BCUT2D eigenvalue weighted by atomic mass is 32.1. The molecule has 0 aliphatic carbocycles. The van der Waals surface area contributed by atoms with E-state index in [-0.39, 0.29) is 0 Å². The number of aliphatic imine (C=N–C) groups is 1. The van der Waals surface area contributed by atoms with Crippen molar-refractivity contribution in [1.29, 1.82) is 0 Å². The van der Waals surface area contributed by atoms with E-state index < -0.39 is 0 Å². The van der Waals surface area contributed by atoms with Gasteiger partial charge in [0.15, 0.2) is 17.5 Å². The van der Waals surface area contributed by atoms with E-state index in [4.69, 9.17) is 19.2 Å². The summed E-state index contributed by atoms with van der Waals surface area (Å²) in [4.78, 5) is 9.41. The van der Waals surface area contributed by atoms with E-state index in [1.807, 2.05) is 37.3 Å². The van der Waals surface area contributed by atoms with Crippen molar-refractivity contribution in [3.8, 4) is 27.8 Å². The number of nitrogens with one attached hydrogen (secondary N) is 2. The maximum Gasteiger partial charge on any atom is 0.203 e. The van der Waals surface area contributed by atoms with Crippen LogP contribution in [0, 0.1) is 0 Å². The van der Waals surface area contributed by atoms with Gasteiger partial charge in [0.2, 0.25) is 5.75 Å². The molecule has 7 nitrogen and oxygen atoms in total. The van der Waals surface area contributed by atoms with Crippen molar-refractivity contribution in [3.05, 3.63) is 59.1 Å². The first-order valence-electron chi connectivity index (χ1n) is 9.99. The minimum Gasteiger partial charge on any atom is -0.493 e. The molecule has 2 aromatic carbocycles. The van der Waals surface area contributed by atoms with Gasteiger partial charge in [-0.2, -0.15) is 0 Å². The molecule has 0 radical (unpaired) electrons. The topological polar surface area (TPSA) is 77.0 Å². The molecule has 31 heavy (non-hydrogen) atoms. The second-order valence-corrected chi connectivity index (χ2v) is 7.45. The van der Waals surface area contributed by atoms with Crippen LogP contribution in [0.2, 0.25) is 0 Å². The highest BCUT2D eigenvalue weighted by Crippen LogP contribution is 2.38. The molecular formula is C23H28N4O3S. The number of hydrogen-bond acceptors (Lipinski definition) is 6. The molecule has 0 fully saturated rings. The molecule has 8 heteroatoms. The van der Waals surface area contributed by atoms with Crippen molar-refractivity contribution in [2.45, 2.75) is 20.0 Å². The fraction of sp³-hybridized carbons (Fsp3) is 0.304. The fourth-order valence-electron chi connectivity index (χ4n) is 3.01. The first-order chi connectivity index (χ1) is 15.2. The third kappa shape index (κ3) is 5.88. The summed E-state index contributed by atoms with van der Waals surface area (Å²) < 4.78 is 16.2. The summed E-state index contributed by atoms with van der Waals surface area (Å²) in [6, 6.07) is 14.0. The number of methoxy groups -OCH3 is 3. The summed E-state index contributed by atoms with van der Waals surface area (Å²) in [5.41, 5.74) is 3.05. The zero-order valence-corrected chi connectivity index (χ0v) is 19.1. The third-order valence-electron chi connectivity index (χ3n) is 4.50. The van der Waals surface area contributed by atoms with Crippen LogP contribution in [-0.4, -0.2) is 38.8 Å². The van der Waals surface area contributed by atoms with Crippen LogP contribution in [0.1, 0.15) is 18.2 Å². The van der Waals surface area contributed by atoms with Gasteiger partial charge in [-0.05, 0) is 24.6 Å². The lowest BCUT2D eigenvalue weighted by Gasteiger charge is -2.14. The number of ether oxygens (including phenoxy) is 3. The maximum absolute atomic E-state index is 5.43. The molecule has 3 aromatic rings. The fourth-order valence-corrected chi connectivity index (χ4v) is 3.84. The quantitative estimate of drug-likeness (QED) is 0.386. The van der Waals surface area contributed by atoms with Crippen LogP contribution in [0.25, 0.3) is 10.6 Å². The monoisotopic (exact) mass is 440 g/mol. The SMILES string of the molecule is CCNC(=NCc1cc(OC)c(OC)c(OC)c1)NCc1csc(-c2ccccc2)n1. The number of aromatic nitrogens is 1. The molecule has 2 N–H and O–H groups in total. The smallest absolute Gasteiger partial charge is 0.203 e. The van der Waals surface area contributed by atoms with Crippen LogP contribution >= 0.6 is 11.3 Å². The Kier molecular flexibility index (Phi) is 8.12. The Morgan fingerprint density at radius 3 is 2.32 bits per heavy atom. The molecule has 0 saturated heterocycles. The van der Waals surface area contributed by atoms with Crippen LogP contribution in [0.4, 0.5) is 0 Å². The summed E-state index contributed by atoms with van der Waals surface area (Å²) >= 11 is 1.64. The Hall–Kier alpha value is -3.26. The van der Waals surface area contributed by atoms with E-state index in [0.717, 1.165) is 28.4 Å². The van der Waals surface area contributed by atoms with E-state index in [2.05, 4.69) is 33.1 Å². The number of benzene rings is 2. The Bertz CT molecular complexity index is 980. The second-order valence-electron chi connectivity index (χ2n) is 6.59. The molecule has 0 bridgehead atoms. The second kappa shape index (κ2) is 11.2. The van der Waals surface area contributed by atoms with Gasteiger partial charge in [0.25, 0.3) is 0 Å². The van der Waals surface area contributed by atoms with Crippen molar-refractivity contribution >= 4 is 17.3 Å². The summed E-state index contributed by atoms with van der Waals surface area (Å²) in [6.45, 7) is 3.84. The molecule has 3 rings (SSSR count). The zero-order valence-electron chi connectivity index (χ0n) is 18.3. The number of guanidine groups is 1. The largest absolute Gasteiger partial charge is 0.493 e. The summed E-state index contributed by atoms with van der Waals surface area (Å²) in [5.74, 6) is 2.51. The van der Waals surface area contributed by atoms with Gasteiger partial charge in [0, 0.05) is 17.5 Å². The van der Waals surface area contributed by atoms with Gasteiger partial charge in [0.1, 0.15) is 5.01 Å². The predicted molar refractivity (Wildman–Crippen MR) is 125 cm³/mol. The Balaban J connectivity index is 1.69. The molecule has 0 unspecified atom stereocenters. The molecule has 0 saturated carbocycles. The molecule has 1 aromatic heterocycles. The van der Waals surface area contributed by atoms with Gasteiger partial charge in [0.05, 0.1) is 40.1 Å². The normalized spacial score (nSPS) is 11.2. The third-order valence-corrected chi connectivity index (χ3v) is 5.44. The van der Waals surface area contributed by atoms with Crippen LogP contribution in [0.3, 0.4) is 0 Å². The number of rotatable bonds is 9. The van der Waals surface area contributed by atoms with Gasteiger partial charge >= 0.3 is 0 Å². The molecule has 0 atom stereocenters. The molecule has 1 heterocycles. The van der Waals surface area contributed by atoms with Crippen LogP contribution in [0.5, 0.6) is 17.2 Å². The van der Waals surface area contributed by atoms with Crippen molar-refractivity contribution in [2.75, 3.05) is 27.9 Å². The lowest BCUT2D eigenvalue weighted by molar-refractivity contribution is 0.324. The van der Waals surface area contributed by atoms with Crippen molar-refractivity contribution in [1.82, 2.24) is 15.6 Å². The highest BCUT2D eigenvalue weighted by molar-refractivity contribution is 7.13. The minimum absolute atomic E-state index is 0.457. The van der Waals surface area contributed by atoms with Gasteiger partial charge < -0.3 is 24.8 Å². The van der Waals surface area contributed by atoms with E-state index in [1.165, 1.54) is 0 Å². The van der Waals surface area contributed by atoms with Crippen molar-refractivity contribution < 1.29 is 14.2 Å². The molecule has 0 amide bonds. The number of thiazole rings is 1. The Morgan fingerprint density at radius 2 is 1.71 bits per heavy atom. The van der Waals surface area contributed by atoms with Crippen LogP contribution < -0.4 is 24.8 Å². The minimum atomic E-state index is 0.457. The molecule has 0 aliphatic heterocycles. The average Bonchev–Trinajstić information content (AvgIpc) is 3.29. The van der Waals surface area contributed by atoms with Crippen molar-refractivity contribution in [2.24, 2.45) is 4.99 Å². The lowest BCUT2D eigenvalue weighted by Crippen LogP contribution is -2.36. The molecular weight excluding hydrogens is 412 g/mol. The maximum atomic E-state index is 5.43. The first kappa shape index (κ1) is 22.4. The van der Waals surface area contributed by atoms with Gasteiger partial charge in [-0.1, -0.05) is 30.3 Å². The lowest BCUT2D eigenvalue weighted by atomic mass is 10.2. The van der Waals surface area contributed by atoms with Crippen molar-refractivity contribution in [3.63, 3.8) is 0 Å². The molecule has 164 valence electrons. The molecule has 0 aliphatic rings. The predicted octanol–water partition coefficient (Wildman–Crippen LogP) is 4.09. The summed E-state index contributed by atoms with van der Waals surface area (Å²) in [7, 11) is 4.80. The summed E-state index contributed by atoms with van der Waals surface area (Å²) in [6.07, 6.45) is 0. The van der Waals surface area contributed by atoms with E-state index in [9.17, 15) is 0 Å². The van der Waals surface area contributed by atoms with Gasteiger partial charge in [-0.15, -0.1) is 11.3 Å². The van der Waals surface area contributed by atoms with Crippen LogP contribution in [0.15, 0.2) is 52.8 Å². The van der Waals surface area contributed by atoms with E-state index >= 15 is 0 Å². The van der Waals surface area contributed by atoms with Gasteiger partial charge in [-0.3, -0.25) is 0 Å².